The summed E-state index contributed by atoms with van der Waals surface area (Å²) in [6.45, 7) is 4.31. The van der Waals surface area contributed by atoms with Gasteiger partial charge in [0.2, 0.25) is 5.91 Å². The molecule has 140 valence electrons. The number of rotatable bonds is 8. The zero-order valence-electron chi connectivity index (χ0n) is 15.6. The average Bonchev–Trinajstić information content (AvgIpc) is 3.24. The number of hydrogen-bond acceptors (Lipinski definition) is 5. The Morgan fingerprint density at radius 3 is 2.88 bits per heavy atom. The van der Waals surface area contributed by atoms with E-state index in [-0.39, 0.29) is 11.9 Å². The number of aromatic nitrogens is 3. The second-order valence-electron chi connectivity index (χ2n) is 7.27. The fraction of sp³-hybridized carbons (Fsp3) is 0.526. The highest BCUT2D eigenvalue weighted by Crippen LogP contribution is 2.20. The summed E-state index contributed by atoms with van der Waals surface area (Å²) in [5.41, 5.74) is 1.21. The lowest BCUT2D eigenvalue weighted by Crippen LogP contribution is -2.43. The molecule has 0 saturated carbocycles. The van der Waals surface area contributed by atoms with E-state index in [1.165, 1.54) is 5.56 Å². The van der Waals surface area contributed by atoms with Crippen LogP contribution in [0.2, 0.25) is 0 Å². The third-order valence-corrected chi connectivity index (χ3v) is 4.72. The normalized spacial score (nSPS) is 20.6. The van der Waals surface area contributed by atoms with Crippen molar-refractivity contribution in [2.24, 2.45) is 5.92 Å². The monoisotopic (exact) mass is 356 g/mol. The molecule has 26 heavy (non-hydrogen) atoms. The van der Waals surface area contributed by atoms with Crippen LogP contribution < -0.4 is 5.32 Å². The van der Waals surface area contributed by atoms with Crippen molar-refractivity contribution in [1.29, 1.82) is 0 Å². The molecular formula is C19H28N6O. The Hall–Kier alpha value is -2.25. The largest absolute Gasteiger partial charge is 0.352 e. The number of carbonyl (C=O) groups is 1. The molecule has 2 aromatic rings. The molecule has 1 aliphatic rings. The standard InChI is InChI=1S/C19H28N6O/c1-23(2)13-17-14-24(12-16-5-3-7-20-11-16)15-18(17)22-19(26)6-10-25-9-4-8-21-25/h3-5,7-9,11,17-18H,6,10,12-15H2,1-2H3,(H,22,26)/t17-,18-/m1/s1. The van der Waals surface area contributed by atoms with Gasteiger partial charge in [-0.3, -0.25) is 19.4 Å². The van der Waals surface area contributed by atoms with Crippen LogP contribution in [-0.2, 0) is 17.9 Å². The minimum atomic E-state index is 0.0949. The first-order chi connectivity index (χ1) is 12.6. The molecular weight excluding hydrogens is 328 g/mol. The van der Waals surface area contributed by atoms with E-state index < -0.39 is 0 Å². The number of pyridine rings is 1. The van der Waals surface area contributed by atoms with Crippen LogP contribution in [-0.4, -0.2) is 70.2 Å². The van der Waals surface area contributed by atoms with E-state index in [4.69, 9.17) is 0 Å². The second-order valence-corrected chi connectivity index (χ2v) is 7.27. The number of likely N-dealkylation sites (tertiary alicyclic amines) is 1. The number of nitrogens with zero attached hydrogens (tertiary/aromatic N) is 5. The molecule has 0 bridgehead atoms. The zero-order valence-corrected chi connectivity index (χ0v) is 15.6. The molecule has 2 atom stereocenters. The fourth-order valence-corrected chi connectivity index (χ4v) is 3.58. The summed E-state index contributed by atoms with van der Waals surface area (Å²) in [6.07, 6.45) is 7.78. The lowest BCUT2D eigenvalue weighted by Gasteiger charge is -2.23. The molecule has 0 aromatic carbocycles. The fourth-order valence-electron chi connectivity index (χ4n) is 3.58. The van der Waals surface area contributed by atoms with E-state index in [2.05, 4.69) is 45.4 Å². The highest BCUT2D eigenvalue weighted by atomic mass is 16.1. The third-order valence-electron chi connectivity index (χ3n) is 4.72. The van der Waals surface area contributed by atoms with E-state index >= 15 is 0 Å². The van der Waals surface area contributed by atoms with E-state index in [0.29, 0.717) is 18.9 Å². The Kier molecular flexibility index (Phi) is 6.35. The molecule has 7 heteroatoms. The summed E-state index contributed by atoms with van der Waals surface area (Å²) < 4.78 is 1.79. The minimum absolute atomic E-state index is 0.0949. The molecule has 1 amide bonds. The number of amides is 1. The molecule has 2 aromatic heterocycles. The van der Waals surface area contributed by atoms with Gasteiger partial charge >= 0.3 is 0 Å². The first kappa shape index (κ1) is 18.5. The SMILES string of the molecule is CN(C)C[C@@H]1CN(Cc2cccnc2)C[C@H]1NC(=O)CCn1cccn1. The van der Waals surface area contributed by atoms with E-state index in [9.17, 15) is 4.79 Å². The molecule has 1 N–H and O–H groups in total. The summed E-state index contributed by atoms with van der Waals surface area (Å²) in [5, 5.41) is 7.40. The van der Waals surface area contributed by atoms with Crippen LogP contribution in [0.5, 0.6) is 0 Å². The van der Waals surface area contributed by atoms with Crippen molar-refractivity contribution >= 4 is 5.91 Å². The first-order valence-electron chi connectivity index (χ1n) is 9.13. The van der Waals surface area contributed by atoms with Crippen LogP contribution in [0.25, 0.3) is 0 Å². The van der Waals surface area contributed by atoms with Gasteiger partial charge in [0.25, 0.3) is 0 Å². The second kappa shape index (κ2) is 8.91. The molecule has 0 radical (unpaired) electrons. The van der Waals surface area contributed by atoms with Crippen LogP contribution in [0.15, 0.2) is 43.0 Å². The molecule has 3 rings (SSSR count). The molecule has 0 unspecified atom stereocenters. The van der Waals surface area contributed by atoms with Gasteiger partial charge in [0.05, 0.1) is 0 Å². The number of hydrogen-bond donors (Lipinski definition) is 1. The van der Waals surface area contributed by atoms with Gasteiger partial charge in [-0.2, -0.15) is 5.10 Å². The van der Waals surface area contributed by atoms with Crippen LogP contribution in [0.1, 0.15) is 12.0 Å². The Balaban J connectivity index is 1.55. The highest BCUT2D eigenvalue weighted by Gasteiger charge is 2.33. The Bertz CT molecular complexity index is 673. The van der Waals surface area contributed by atoms with Crippen molar-refractivity contribution in [3.63, 3.8) is 0 Å². The topological polar surface area (TPSA) is 66.3 Å². The summed E-state index contributed by atoms with van der Waals surface area (Å²) in [6, 6.07) is 6.12. The van der Waals surface area contributed by atoms with Crippen LogP contribution in [0, 0.1) is 5.92 Å². The maximum absolute atomic E-state index is 12.4. The van der Waals surface area contributed by atoms with Gasteiger partial charge in [-0.15, -0.1) is 0 Å². The lowest BCUT2D eigenvalue weighted by atomic mass is 10.0. The van der Waals surface area contributed by atoms with E-state index in [1.54, 1.807) is 17.1 Å². The molecule has 0 aliphatic carbocycles. The summed E-state index contributed by atoms with van der Waals surface area (Å²) >= 11 is 0. The molecule has 0 spiro atoms. The Labute approximate surface area is 155 Å². The highest BCUT2D eigenvalue weighted by molar-refractivity contribution is 5.76. The molecule has 1 aliphatic heterocycles. The van der Waals surface area contributed by atoms with Crippen LogP contribution in [0.3, 0.4) is 0 Å². The van der Waals surface area contributed by atoms with Gasteiger partial charge in [0.1, 0.15) is 0 Å². The molecule has 7 nitrogen and oxygen atoms in total. The Morgan fingerprint density at radius 2 is 2.19 bits per heavy atom. The van der Waals surface area contributed by atoms with Crippen LogP contribution in [0.4, 0.5) is 0 Å². The van der Waals surface area contributed by atoms with Gasteiger partial charge in [-0.1, -0.05) is 6.07 Å². The summed E-state index contributed by atoms with van der Waals surface area (Å²) in [7, 11) is 4.17. The maximum Gasteiger partial charge on any atom is 0.222 e. The predicted molar refractivity (Wildman–Crippen MR) is 100 cm³/mol. The van der Waals surface area contributed by atoms with E-state index in [0.717, 1.165) is 26.2 Å². The maximum atomic E-state index is 12.4. The quantitative estimate of drug-likeness (QED) is 0.759. The van der Waals surface area contributed by atoms with Gasteiger partial charge in [0, 0.05) is 75.9 Å². The Morgan fingerprint density at radius 1 is 1.31 bits per heavy atom. The van der Waals surface area contributed by atoms with Crippen molar-refractivity contribution in [3.05, 3.63) is 48.5 Å². The first-order valence-corrected chi connectivity index (χ1v) is 9.13. The number of nitrogens with one attached hydrogen (secondary N) is 1. The molecule has 1 saturated heterocycles. The van der Waals surface area contributed by atoms with Crippen molar-refractivity contribution < 1.29 is 4.79 Å². The average molecular weight is 356 g/mol. The van der Waals surface area contributed by atoms with Gasteiger partial charge < -0.3 is 10.2 Å². The lowest BCUT2D eigenvalue weighted by molar-refractivity contribution is -0.122. The van der Waals surface area contributed by atoms with Crippen LogP contribution >= 0.6 is 0 Å². The number of carbonyl (C=O) groups excluding carboxylic acids is 1. The summed E-state index contributed by atoms with van der Waals surface area (Å²) in [4.78, 5) is 21.2. The van der Waals surface area contributed by atoms with Gasteiger partial charge in [-0.05, 0) is 31.8 Å². The van der Waals surface area contributed by atoms with E-state index in [1.807, 2.05) is 24.5 Å². The third kappa shape index (κ3) is 5.37. The van der Waals surface area contributed by atoms with Crippen molar-refractivity contribution in [2.75, 3.05) is 33.7 Å². The van der Waals surface area contributed by atoms with Gasteiger partial charge in [-0.25, -0.2) is 0 Å². The van der Waals surface area contributed by atoms with Crippen molar-refractivity contribution in [3.8, 4) is 0 Å². The summed E-state index contributed by atoms with van der Waals surface area (Å²) in [5.74, 6) is 0.521. The van der Waals surface area contributed by atoms with Crippen molar-refractivity contribution in [2.45, 2.75) is 25.6 Å². The number of aryl methyl sites for hydroxylation is 1. The zero-order chi connectivity index (χ0) is 18.4. The minimum Gasteiger partial charge on any atom is -0.352 e. The van der Waals surface area contributed by atoms with Crippen molar-refractivity contribution in [1.82, 2.24) is 29.9 Å². The molecule has 3 heterocycles. The molecule has 1 fully saturated rings. The smallest absolute Gasteiger partial charge is 0.222 e. The predicted octanol–water partition coefficient (Wildman–Crippen LogP) is 0.847. The van der Waals surface area contributed by atoms with Gasteiger partial charge in [0.15, 0.2) is 0 Å².